The lowest BCUT2D eigenvalue weighted by molar-refractivity contribution is -0.143. The average Bonchev–Trinajstić information content (AvgIpc) is 2.79. The molecule has 8 nitrogen and oxygen atoms in total. The number of nitrogens with zero attached hydrogens (tertiary/aromatic N) is 2. The van der Waals surface area contributed by atoms with Crippen LogP contribution in [0.15, 0.2) is 17.2 Å². The number of aryl methyl sites for hydroxylation is 1. The van der Waals surface area contributed by atoms with Crippen LogP contribution in [0.5, 0.6) is 0 Å². The maximum absolute atomic E-state index is 12.4. The first-order valence-electron chi connectivity index (χ1n) is 6.36. The second kappa shape index (κ2) is 6.72. The monoisotopic (exact) mass is 317 g/mol. The molecule has 0 unspecified atom stereocenters. The Hall–Kier alpha value is -1.87. The summed E-state index contributed by atoms with van der Waals surface area (Å²) in [6.45, 7) is 3.14. The number of nitrogens with two attached hydrogens (primary N) is 1. The van der Waals surface area contributed by atoms with Gasteiger partial charge in [-0.1, -0.05) is 6.92 Å². The van der Waals surface area contributed by atoms with E-state index < -0.39 is 21.9 Å². The van der Waals surface area contributed by atoms with Crippen LogP contribution in [0, 0.1) is 0 Å². The number of primary amides is 1. The van der Waals surface area contributed by atoms with Crippen molar-refractivity contribution in [1.29, 1.82) is 0 Å². The molecule has 1 aromatic rings. The van der Waals surface area contributed by atoms with Crippen LogP contribution in [0.25, 0.3) is 0 Å². The van der Waals surface area contributed by atoms with Gasteiger partial charge >= 0.3 is 5.97 Å². The molecule has 1 heterocycles. The number of ether oxygens (including phenoxy) is 1. The minimum absolute atomic E-state index is 0.0702. The van der Waals surface area contributed by atoms with Gasteiger partial charge in [0.2, 0.25) is 10.0 Å². The highest BCUT2D eigenvalue weighted by atomic mass is 32.2. The zero-order valence-electron chi connectivity index (χ0n) is 12.2. The van der Waals surface area contributed by atoms with Gasteiger partial charge in [0, 0.05) is 19.8 Å². The highest BCUT2D eigenvalue weighted by Crippen LogP contribution is 2.18. The zero-order chi connectivity index (χ0) is 16.2. The number of carbonyl (C=O) groups is 2. The molecule has 0 spiro atoms. The van der Waals surface area contributed by atoms with Gasteiger partial charge in [0.15, 0.2) is 0 Å². The van der Waals surface area contributed by atoms with Crippen LogP contribution in [0.4, 0.5) is 0 Å². The van der Waals surface area contributed by atoms with Crippen LogP contribution in [-0.2, 0) is 26.6 Å². The third kappa shape index (κ3) is 3.82. The predicted molar refractivity (Wildman–Crippen MR) is 75.0 cm³/mol. The molecule has 0 saturated heterocycles. The summed E-state index contributed by atoms with van der Waals surface area (Å²) >= 11 is 0. The fraction of sp³-hybridized carbons (Fsp3) is 0.500. The molecule has 1 rings (SSSR count). The van der Waals surface area contributed by atoms with Gasteiger partial charge in [0.05, 0.1) is 6.61 Å². The molecule has 0 saturated carbocycles. The van der Waals surface area contributed by atoms with Crippen molar-refractivity contribution in [3.8, 4) is 0 Å². The molecule has 0 atom stereocenters. The first kappa shape index (κ1) is 17.2. The maximum Gasteiger partial charge on any atom is 0.321 e. The second-order valence-electron chi connectivity index (χ2n) is 4.27. The molecule has 2 N–H and O–H groups in total. The highest BCUT2D eigenvalue weighted by Gasteiger charge is 2.28. The summed E-state index contributed by atoms with van der Waals surface area (Å²) in [5, 5.41) is 0. The van der Waals surface area contributed by atoms with Gasteiger partial charge < -0.3 is 15.0 Å². The number of hydrogen-bond acceptors (Lipinski definition) is 5. The van der Waals surface area contributed by atoms with Gasteiger partial charge in [-0.15, -0.1) is 0 Å². The molecular formula is C12H19N3O5S. The summed E-state index contributed by atoms with van der Waals surface area (Å²) < 4.78 is 31.9. The van der Waals surface area contributed by atoms with Crippen molar-refractivity contribution in [3.63, 3.8) is 0 Å². The molecule has 9 heteroatoms. The minimum Gasteiger partial charge on any atom is -0.465 e. The molecule has 0 aliphatic carbocycles. The molecule has 0 aliphatic heterocycles. The van der Waals surface area contributed by atoms with Crippen LogP contribution in [0.3, 0.4) is 0 Å². The van der Waals surface area contributed by atoms with E-state index in [0.717, 1.165) is 4.31 Å². The average molecular weight is 317 g/mol. The Kier molecular flexibility index (Phi) is 5.50. The van der Waals surface area contributed by atoms with Crippen LogP contribution >= 0.6 is 0 Å². The van der Waals surface area contributed by atoms with Crippen LogP contribution in [0.2, 0.25) is 0 Å². The minimum atomic E-state index is -3.90. The zero-order valence-corrected chi connectivity index (χ0v) is 13.0. The van der Waals surface area contributed by atoms with E-state index in [1.54, 1.807) is 13.8 Å². The van der Waals surface area contributed by atoms with Crippen LogP contribution in [0.1, 0.15) is 24.3 Å². The molecule has 21 heavy (non-hydrogen) atoms. The van der Waals surface area contributed by atoms with Crippen molar-refractivity contribution in [2.45, 2.75) is 18.7 Å². The molecular weight excluding hydrogens is 298 g/mol. The summed E-state index contributed by atoms with van der Waals surface area (Å²) in [5.41, 5.74) is 5.23. The number of hydrogen-bond donors (Lipinski definition) is 1. The van der Waals surface area contributed by atoms with Gasteiger partial charge in [-0.3, -0.25) is 9.59 Å². The number of amides is 1. The van der Waals surface area contributed by atoms with E-state index in [4.69, 9.17) is 10.5 Å². The van der Waals surface area contributed by atoms with E-state index in [9.17, 15) is 18.0 Å². The molecule has 0 bridgehead atoms. The summed E-state index contributed by atoms with van der Waals surface area (Å²) in [5.74, 6) is -1.36. The van der Waals surface area contributed by atoms with E-state index in [0.29, 0.717) is 0 Å². The summed E-state index contributed by atoms with van der Waals surface area (Å²) in [6, 6.07) is 1.19. The van der Waals surface area contributed by atoms with E-state index in [1.807, 2.05) is 0 Å². The fourth-order valence-electron chi connectivity index (χ4n) is 1.79. The number of likely N-dealkylation sites (N-methyl/N-ethyl adjacent to an activating group) is 1. The van der Waals surface area contributed by atoms with Crippen molar-refractivity contribution in [2.24, 2.45) is 12.8 Å². The second-order valence-corrected chi connectivity index (χ2v) is 6.21. The lowest BCUT2D eigenvalue weighted by Crippen LogP contribution is -2.36. The number of aromatic nitrogens is 1. The van der Waals surface area contributed by atoms with Gasteiger partial charge in [0.25, 0.3) is 5.91 Å². The normalized spacial score (nSPS) is 11.6. The van der Waals surface area contributed by atoms with E-state index in [2.05, 4.69) is 0 Å². The van der Waals surface area contributed by atoms with Crippen molar-refractivity contribution < 1.29 is 22.7 Å². The molecule has 0 aromatic carbocycles. The smallest absolute Gasteiger partial charge is 0.321 e. The van der Waals surface area contributed by atoms with Crippen LogP contribution < -0.4 is 5.73 Å². The molecule has 1 aromatic heterocycles. The van der Waals surface area contributed by atoms with E-state index in [1.165, 1.54) is 23.9 Å². The van der Waals surface area contributed by atoms with Crippen LogP contribution in [-0.4, -0.2) is 48.9 Å². The predicted octanol–water partition coefficient (Wildman–Crippen LogP) is -0.302. The number of carbonyl (C=O) groups excluding carboxylic acids is 2. The largest absolute Gasteiger partial charge is 0.465 e. The van der Waals surface area contributed by atoms with Gasteiger partial charge in [-0.25, -0.2) is 8.42 Å². The van der Waals surface area contributed by atoms with Gasteiger partial charge in [-0.2, -0.15) is 4.31 Å². The Morgan fingerprint density at radius 2 is 2.00 bits per heavy atom. The molecule has 0 aliphatic rings. The molecule has 0 radical (unpaired) electrons. The summed E-state index contributed by atoms with van der Waals surface area (Å²) in [6.07, 6.45) is 1.28. The van der Waals surface area contributed by atoms with Gasteiger partial charge in [-0.05, 0) is 13.0 Å². The fourth-order valence-corrected chi connectivity index (χ4v) is 3.25. The quantitative estimate of drug-likeness (QED) is 0.694. The highest BCUT2D eigenvalue weighted by molar-refractivity contribution is 7.89. The Morgan fingerprint density at radius 1 is 1.38 bits per heavy atom. The SMILES string of the molecule is CCOC(=O)CN(CC)S(=O)(=O)c1cc(C(N)=O)n(C)c1. The molecule has 0 fully saturated rings. The Labute approximate surface area is 123 Å². The standard InChI is InChI=1S/C12H19N3O5S/c1-4-15(8-11(16)20-5-2)21(18,19)9-6-10(12(13)17)14(3)7-9/h6-7H,4-5,8H2,1-3H3,(H2,13,17). The summed E-state index contributed by atoms with van der Waals surface area (Å²) in [7, 11) is -2.38. The topological polar surface area (TPSA) is 112 Å². The van der Waals surface area contributed by atoms with E-state index in [-0.39, 0.29) is 30.3 Å². The van der Waals surface area contributed by atoms with Gasteiger partial charge in [0.1, 0.15) is 17.1 Å². The third-order valence-electron chi connectivity index (χ3n) is 2.83. The number of sulfonamides is 1. The third-order valence-corrected chi connectivity index (χ3v) is 4.72. The first-order valence-corrected chi connectivity index (χ1v) is 7.80. The van der Waals surface area contributed by atoms with Crippen molar-refractivity contribution in [1.82, 2.24) is 8.87 Å². The van der Waals surface area contributed by atoms with Crippen molar-refractivity contribution in [3.05, 3.63) is 18.0 Å². The number of esters is 1. The molecule has 118 valence electrons. The summed E-state index contributed by atoms with van der Waals surface area (Å²) in [4.78, 5) is 22.6. The Balaban J connectivity index is 3.10. The number of rotatable bonds is 7. The van der Waals surface area contributed by atoms with Crippen molar-refractivity contribution in [2.75, 3.05) is 19.7 Å². The lowest BCUT2D eigenvalue weighted by Gasteiger charge is -2.18. The lowest BCUT2D eigenvalue weighted by atomic mass is 10.4. The Morgan fingerprint density at radius 3 is 2.43 bits per heavy atom. The maximum atomic E-state index is 12.4. The molecule has 1 amide bonds. The van der Waals surface area contributed by atoms with E-state index >= 15 is 0 Å². The van der Waals surface area contributed by atoms with Crippen molar-refractivity contribution >= 4 is 21.9 Å². The Bertz CT molecular complexity index is 635. The first-order chi connectivity index (χ1) is 9.73.